The zero-order valence-electron chi connectivity index (χ0n) is 20.0. The predicted molar refractivity (Wildman–Crippen MR) is 140 cm³/mol. The molecule has 0 atom stereocenters. The van der Waals surface area contributed by atoms with Gasteiger partial charge in [0.1, 0.15) is 5.75 Å². The Hall–Kier alpha value is -3.03. The molecule has 3 aromatic carbocycles. The van der Waals surface area contributed by atoms with E-state index in [0.29, 0.717) is 23.0 Å². The van der Waals surface area contributed by atoms with Crippen LogP contribution in [0.1, 0.15) is 37.3 Å². The van der Waals surface area contributed by atoms with Crippen LogP contribution >= 0.6 is 11.6 Å². The van der Waals surface area contributed by atoms with Gasteiger partial charge in [-0.3, -0.25) is 9.10 Å². The van der Waals surface area contributed by atoms with Gasteiger partial charge in [-0.05, 0) is 67.4 Å². The number of nitrogens with one attached hydrogen (secondary N) is 1. The van der Waals surface area contributed by atoms with Gasteiger partial charge in [-0.2, -0.15) is 0 Å². The molecule has 1 amide bonds. The van der Waals surface area contributed by atoms with Crippen molar-refractivity contribution in [2.45, 2.75) is 44.6 Å². The number of carbonyl (C=O) groups excluding carboxylic acids is 1. The normalized spacial score (nSPS) is 11.2. The lowest BCUT2D eigenvalue weighted by molar-refractivity contribution is -0.123. The van der Waals surface area contributed by atoms with E-state index in [2.05, 4.69) is 12.2 Å². The van der Waals surface area contributed by atoms with Crippen LogP contribution in [0, 0.1) is 6.92 Å². The lowest BCUT2D eigenvalue weighted by atomic mass is 10.2. The molecule has 0 bridgehead atoms. The number of nitrogens with zero attached hydrogens (tertiary/aromatic N) is 1. The molecule has 0 heterocycles. The average Bonchev–Trinajstić information content (AvgIpc) is 2.85. The first-order chi connectivity index (χ1) is 16.8. The van der Waals surface area contributed by atoms with Crippen LogP contribution in [0.3, 0.4) is 0 Å². The van der Waals surface area contributed by atoms with Crippen LogP contribution in [-0.2, 0) is 21.4 Å². The SMILES string of the molecule is CCCCCNC(=O)COc1ccc(N(Cc2ccc(Cl)cc2)S(=O)(=O)c2ccc(C)cc2)cc1. The Kier molecular flexibility index (Phi) is 9.57. The van der Waals surface area contributed by atoms with Gasteiger partial charge in [0.15, 0.2) is 6.61 Å². The molecule has 0 saturated heterocycles. The van der Waals surface area contributed by atoms with Crippen LogP contribution in [0.25, 0.3) is 0 Å². The first-order valence-electron chi connectivity index (χ1n) is 11.6. The Morgan fingerprint density at radius 2 is 1.60 bits per heavy atom. The second-order valence-corrected chi connectivity index (χ2v) is 10.6. The third kappa shape index (κ3) is 7.73. The van der Waals surface area contributed by atoms with Crippen LogP contribution in [0.15, 0.2) is 77.7 Å². The fourth-order valence-corrected chi connectivity index (χ4v) is 5.00. The van der Waals surface area contributed by atoms with Crippen molar-refractivity contribution in [2.75, 3.05) is 17.5 Å². The summed E-state index contributed by atoms with van der Waals surface area (Å²) in [5, 5.41) is 3.41. The van der Waals surface area contributed by atoms with Crippen molar-refractivity contribution in [2.24, 2.45) is 0 Å². The molecule has 0 fully saturated rings. The number of unbranched alkanes of at least 4 members (excludes halogenated alkanes) is 2. The summed E-state index contributed by atoms with van der Waals surface area (Å²) in [6.45, 7) is 4.68. The Morgan fingerprint density at radius 3 is 2.23 bits per heavy atom. The van der Waals surface area contributed by atoms with E-state index in [1.807, 2.05) is 6.92 Å². The fraction of sp³-hybridized carbons (Fsp3) is 0.296. The average molecular weight is 515 g/mol. The smallest absolute Gasteiger partial charge is 0.264 e. The minimum Gasteiger partial charge on any atom is -0.484 e. The molecule has 0 radical (unpaired) electrons. The van der Waals surface area contributed by atoms with Crippen molar-refractivity contribution in [3.63, 3.8) is 0 Å². The highest BCUT2D eigenvalue weighted by atomic mass is 35.5. The molecule has 0 spiro atoms. The Labute approximate surface area is 212 Å². The van der Waals surface area contributed by atoms with E-state index in [4.69, 9.17) is 16.3 Å². The van der Waals surface area contributed by atoms with Crippen molar-refractivity contribution in [3.05, 3.63) is 88.9 Å². The molecule has 6 nitrogen and oxygen atoms in total. The molecule has 0 unspecified atom stereocenters. The highest BCUT2D eigenvalue weighted by Gasteiger charge is 2.25. The van der Waals surface area contributed by atoms with Gasteiger partial charge in [-0.15, -0.1) is 0 Å². The number of ether oxygens (including phenoxy) is 1. The van der Waals surface area contributed by atoms with Gasteiger partial charge in [-0.25, -0.2) is 8.42 Å². The summed E-state index contributed by atoms with van der Waals surface area (Å²) in [6, 6.07) is 20.5. The molecule has 3 rings (SSSR count). The maximum Gasteiger partial charge on any atom is 0.264 e. The minimum absolute atomic E-state index is 0.0956. The predicted octanol–water partition coefficient (Wildman–Crippen LogP) is 5.73. The molecule has 35 heavy (non-hydrogen) atoms. The number of hydrogen-bond acceptors (Lipinski definition) is 4. The Balaban J connectivity index is 1.77. The number of hydrogen-bond donors (Lipinski definition) is 1. The standard InChI is InChI=1S/C27H31ClN2O4S/c1-3-4-5-18-29-27(31)20-34-25-14-12-24(13-15-25)30(19-22-8-10-23(28)11-9-22)35(32,33)26-16-6-21(2)7-17-26/h6-17H,3-5,18-20H2,1-2H3,(H,29,31). The molecule has 0 aliphatic carbocycles. The molecule has 1 N–H and O–H groups in total. The number of amides is 1. The largest absolute Gasteiger partial charge is 0.484 e. The van der Waals surface area contributed by atoms with Gasteiger partial charge in [0.2, 0.25) is 0 Å². The van der Waals surface area contributed by atoms with E-state index < -0.39 is 10.0 Å². The maximum atomic E-state index is 13.6. The summed E-state index contributed by atoms with van der Waals surface area (Å²) in [5.74, 6) is 0.299. The number of sulfonamides is 1. The summed E-state index contributed by atoms with van der Waals surface area (Å²) < 4.78 is 34.1. The van der Waals surface area contributed by atoms with Gasteiger partial charge in [0, 0.05) is 11.6 Å². The minimum atomic E-state index is -3.84. The molecule has 8 heteroatoms. The lowest BCUT2D eigenvalue weighted by Crippen LogP contribution is -2.30. The third-order valence-electron chi connectivity index (χ3n) is 5.45. The van der Waals surface area contributed by atoms with Crippen LogP contribution < -0.4 is 14.4 Å². The molecule has 186 valence electrons. The molecular formula is C27H31ClN2O4S. The monoisotopic (exact) mass is 514 g/mol. The fourth-order valence-electron chi connectivity index (χ4n) is 3.42. The molecule has 0 aliphatic heterocycles. The van der Waals surface area contributed by atoms with Crippen molar-refractivity contribution in [1.29, 1.82) is 0 Å². The second-order valence-electron chi connectivity index (χ2n) is 8.29. The second kappa shape index (κ2) is 12.6. The van der Waals surface area contributed by atoms with Crippen LogP contribution in [0.2, 0.25) is 5.02 Å². The van der Waals surface area contributed by atoms with Crippen LogP contribution in [-0.4, -0.2) is 27.5 Å². The summed E-state index contributed by atoms with van der Waals surface area (Å²) in [5.41, 5.74) is 2.26. The summed E-state index contributed by atoms with van der Waals surface area (Å²) in [7, 11) is -3.84. The number of halogens is 1. The van der Waals surface area contributed by atoms with Gasteiger partial charge in [0.25, 0.3) is 15.9 Å². The third-order valence-corrected chi connectivity index (χ3v) is 7.49. The topological polar surface area (TPSA) is 75.7 Å². The summed E-state index contributed by atoms with van der Waals surface area (Å²) in [6.07, 6.45) is 3.10. The molecule has 0 saturated carbocycles. The lowest BCUT2D eigenvalue weighted by Gasteiger charge is -2.25. The Bertz CT molecular complexity index is 1200. The number of anilines is 1. The van der Waals surface area contributed by atoms with Crippen molar-refractivity contribution in [3.8, 4) is 5.75 Å². The van der Waals surface area contributed by atoms with Crippen molar-refractivity contribution >= 4 is 33.2 Å². The number of aryl methyl sites for hydroxylation is 1. The van der Waals surface area contributed by atoms with Crippen molar-refractivity contribution < 1.29 is 17.9 Å². The quantitative estimate of drug-likeness (QED) is 0.313. The molecule has 0 aromatic heterocycles. The highest BCUT2D eigenvalue weighted by molar-refractivity contribution is 7.92. The van der Waals surface area contributed by atoms with Gasteiger partial charge in [-0.1, -0.05) is 61.2 Å². The molecular weight excluding hydrogens is 484 g/mol. The highest BCUT2D eigenvalue weighted by Crippen LogP contribution is 2.28. The molecule has 3 aromatic rings. The van der Waals surface area contributed by atoms with E-state index in [0.717, 1.165) is 30.4 Å². The van der Waals surface area contributed by atoms with E-state index in [1.165, 1.54) is 4.31 Å². The van der Waals surface area contributed by atoms with Crippen molar-refractivity contribution in [1.82, 2.24) is 5.32 Å². The first-order valence-corrected chi connectivity index (χ1v) is 13.4. The van der Waals surface area contributed by atoms with E-state index in [9.17, 15) is 13.2 Å². The maximum absolute atomic E-state index is 13.6. The molecule has 0 aliphatic rings. The number of rotatable bonds is 12. The zero-order valence-corrected chi connectivity index (χ0v) is 21.6. The summed E-state index contributed by atoms with van der Waals surface area (Å²) >= 11 is 6.00. The number of benzene rings is 3. The van der Waals surface area contributed by atoms with Gasteiger partial charge in [0.05, 0.1) is 17.1 Å². The first kappa shape index (κ1) is 26.6. The van der Waals surface area contributed by atoms with Crippen LogP contribution in [0.4, 0.5) is 5.69 Å². The number of carbonyl (C=O) groups is 1. The van der Waals surface area contributed by atoms with Gasteiger partial charge >= 0.3 is 0 Å². The van der Waals surface area contributed by atoms with E-state index in [-0.39, 0.29) is 24.0 Å². The van der Waals surface area contributed by atoms with Crippen LogP contribution in [0.5, 0.6) is 5.75 Å². The van der Waals surface area contributed by atoms with E-state index >= 15 is 0 Å². The van der Waals surface area contributed by atoms with E-state index in [1.54, 1.807) is 72.8 Å². The Morgan fingerprint density at radius 1 is 0.943 bits per heavy atom. The summed E-state index contributed by atoms with van der Waals surface area (Å²) in [4.78, 5) is 12.2. The zero-order chi connectivity index (χ0) is 25.3. The van der Waals surface area contributed by atoms with Gasteiger partial charge < -0.3 is 10.1 Å².